The quantitative estimate of drug-likeness (QED) is 0.872. The highest BCUT2D eigenvalue weighted by molar-refractivity contribution is 6.30. The number of nitrogens with zero attached hydrogens (tertiary/aromatic N) is 4. The first-order chi connectivity index (χ1) is 9.75. The highest BCUT2D eigenvalue weighted by Gasteiger charge is 2.39. The van der Waals surface area contributed by atoms with Crippen LogP contribution in [0.2, 0.25) is 5.02 Å². The first kappa shape index (κ1) is 13.5. The van der Waals surface area contributed by atoms with Crippen LogP contribution in [-0.4, -0.2) is 27.3 Å². The van der Waals surface area contributed by atoms with Gasteiger partial charge in [-0.3, -0.25) is 0 Å². The molecule has 1 aliphatic carbocycles. The van der Waals surface area contributed by atoms with Crippen LogP contribution in [-0.2, 0) is 10.3 Å². The van der Waals surface area contributed by atoms with Gasteiger partial charge in [-0.25, -0.2) is 0 Å². The van der Waals surface area contributed by atoms with E-state index in [-0.39, 0.29) is 5.60 Å². The molecule has 1 heterocycles. The molecule has 20 heavy (non-hydrogen) atoms. The fourth-order valence-electron chi connectivity index (χ4n) is 2.87. The fraction of sp³-hybridized carbons (Fsp3) is 0.500. The highest BCUT2D eigenvalue weighted by atomic mass is 35.5. The van der Waals surface area contributed by atoms with Crippen LogP contribution in [0.4, 0.5) is 0 Å². The van der Waals surface area contributed by atoms with Gasteiger partial charge in [0, 0.05) is 12.1 Å². The molecular weight excluding hydrogens is 276 g/mol. The van der Waals surface area contributed by atoms with Crippen molar-refractivity contribution in [3.63, 3.8) is 0 Å². The zero-order valence-corrected chi connectivity index (χ0v) is 12.2. The second-order valence-electron chi connectivity index (χ2n) is 5.15. The van der Waals surface area contributed by atoms with Crippen LogP contribution in [0.5, 0.6) is 0 Å². The van der Waals surface area contributed by atoms with Gasteiger partial charge in [0.05, 0.1) is 5.69 Å². The Morgan fingerprint density at radius 3 is 2.50 bits per heavy atom. The minimum atomic E-state index is -0.374. The maximum Gasteiger partial charge on any atom is 0.188 e. The smallest absolute Gasteiger partial charge is 0.188 e. The van der Waals surface area contributed by atoms with E-state index in [4.69, 9.17) is 16.3 Å². The molecule has 0 N–H and O–H groups in total. The summed E-state index contributed by atoms with van der Waals surface area (Å²) < 4.78 is 7.57. The summed E-state index contributed by atoms with van der Waals surface area (Å²) in [5, 5.41) is 12.9. The van der Waals surface area contributed by atoms with Crippen LogP contribution in [0.3, 0.4) is 0 Å². The minimum Gasteiger partial charge on any atom is -0.370 e. The van der Waals surface area contributed by atoms with Crippen molar-refractivity contribution in [3.05, 3.63) is 35.1 Å². The van der Waals surface area contributed by atoms with Crippen molar-refractivity contribution in [2.24, 2.45) is 0 Å². The molecule has 1 aromatic carbocycles. The van der Waals surface area contributed by atoms with E-state index < -0.39 is 0 Å². The summed E-state index contributed by atoms with van der Waals surface area (Å²) in [7, 11) is 1.74. The molecule has 106 valence electrons. The number of benzene rings is 1. The lowest BCUT2D eigenvalue weighted by Gasteiger charge is -2.34. The summed E-state index contributed by atoms with van der Waals surface area (Å²) >= 11 is 5.93. The Hall–Kier alpha value is -1.46. The van der Waals surface area contributed by atoms with Gasteiger partial charge in [0.15, 0.2) is 5.82 Å². The maximum absolute atomic E-state index is 5.93. The molecule has 0 radical (unpaired) electrons. The van der Waals surface area contributed by atoms with Gasteiger partial charge in [-0.05, 0) is 47.5 Å². The first-order valence-corrected chi connectivity index (χ1v) is 7.23. The summed E-state index contributed by atoms with van der Waals surface area (Å²) in [6.45, 7) is 0. The van der Waals surface area contributed by atoms with Crippen LogP contribution in [0.15, 0.2) is 24.3 Å². The molecule has 0 saturated heterocycles. The predicted molar refractivity (Wildman–Crippen MR) is 75.9 cm³/mol. The van der Waals surface area contributed by atoms with Crippen molar-refractivity contribution in [2.75, 3.05) is 7.11 Å². The lowest BCUT2D eigenvalue weighted by Crippen LogP contribution is -2.34. The second-order valence-corrected chi connectivity index (χ2v) is 5.59. The molecule has 0 spiro atoms. The Morgan fingerprint density at radius 1 is 1.15 bits per heavy atom. The molecular formula is C14H17ClN4O. The lowest BCUT2D eigenvalue weighted by molar-refractivity contribution is -0.0531. The fourth-order valence-corrected chi connectivity index (χ4v) is 3.00. The predicted octanol–water partition coefficient (Wildman–Crippen LogP) is 3.12. The third-order valence-electron chi connectivity index (χ3n) is 4.00. The topological polar surface area (TPSA) is 52.8 Å². The molecule has 1 saturated carbocycles. The SMILES string of the molecule is COC1(c2nnnn2-c2ccc(Cl)cc2)CCCCC1. The van der Waals surface area contributed by atoms with E-state index in [1.807, 2.05) is 24.3 Å². The van der Waals surface area contributed by atoms with Crippen LogP contribution >= 0.6 is 11.6 Å². The molecule has 0 unspecified atom stereocenters. The van der Waals surface area contributed by atoms with Gasteiger partial charge in [-0.2, -0.15) is 4.68 Å². The van der Waals surface area contributed by atoms with Crippen LogP contribution in [0, 0.1) is 0 Å². The molecule has 0 atom stereocenters. The van der Waals surface area contributed by atoms with Crippen molar-refractivity contribution in [2.45, 2.75) is 37.7 Å². The van der Waals surface area contributed by atoms with Gasteiger partial charge in [0.1, 0.15) is 5.60 Å². The summed E-state index contributed by atoms with van der Waals surface area (Å²) in [6.07, 6.45) is 5.44. The largest absolute Gasteiger partial charge is 0.370 e. The van der Waals surface area contributed by atoms with E-state index in [0.717, 1.165) is 37.2 Å². The number of tetrazole rings is 1. The number of rotatable bonds is 3. The summed E-state index contributed by atoms with van der Waals surface area (Å²) in [4.78, 5) is 0. The lowest BCUT2D eigenvalue weighted by atomic mass is 9.84. The van der Waals surface area contributed by atoms with E-state index in [0.29, 0.717) is 5.02 Å². The third kappa shape index (κ3) is 2.31. The number of hydrogen-bond acceptors (Lipinski definition) is 4. The van der Waals surface area contributed by atoms with Gasteiger partial charge in [0.2, 0.25) is 0 Å². The van der Waals surface area contributed by atoms with E-state index in [2.05, 4.69) is 15.5 Å². The number of aromatic nitrogens is 4. The number of methoxy groups -OCH3 is 1. The molecule has 1 aromatic heterocycles. The van der Waals surface area contributed by atoms with E-state index in [9.17, 15) is 0 Å². The Balaban J connectivity index is 2.02. The zero-order valence-electron chi connectivity index (χ0n) is 11.4. The molecule has 5 nitrogen and oxygen atoms in total. The van der Waals surface area contributed by atoms with Crippen molar-refractivity contribution < 1.29 is 4.74 Å². The van der Waals surface area contributed by atoms with Crippen molar-refractivity contribution >= 4 is 11.6 Å². The van der Waals surface area contributed by atoms with Crippen LogP contribution < -0.4 is 0 Å². The monoisotopic (exact) mass is 292 g/mol. The van der Waals surface area contributed by atoms with E-state index in [1.165, 1.54) is 6.42 Å². The highest BCUT2D eigenvalue weighted by Crippen LogP contribution is 2.39. The molecule has 3 rings (SSSR count). The van der Waals surface area contributed by atoms with Gasteiger partial charge < -0.3 is 4.74 Å². The second kappa shape index (κ2) is 5.50. The summed E-state index contributed by atoms with van der Waals surface area (Å²) in [5.41, 5.74) is 0.526. The number of ether oxygens (including phenoxy) is 1. The number of hydrogen-bond donors (Lipinski definition) is 0. The first-order valence-electron chi connectivity index (χ1n) is 6.85. The Morgan fingerprint density at radius 2 is 1.85 bits per heavy atom. The molecule has 1 aliphatic rings. The average molecular weight is 293 g/mol. The molecule has 1 fully saturated rings. The Bertz CT molecular complexity index is 575. The third-order valence-corrected chi connectivity index (χ3v) is 4.25. The van der Waals surface area contributed by atoms with Gasteiger partial charge >= 0.3 is 0 Å². The molecule has 0 amide bonds. The summed E-state index contributed by atoms with van der Waals surface area (Å²) in [6, 6.07) is 7.49. The molecule has 6 heteroatoms. The molecule has 0 aliphatic heterocycles. The summed E-state index contributed by atoms with van der Waals surface area (Å²) in [5.74, 6) is 0.780. The van der Waals surface area contributed by atoms with Crippen molar-refractivity contribution in [1.29, 1.82) is 0 Å². The standard InChI is InChI=1S/C14H17ClN4O/c1-20-14(9-3-2-4-10-14)13-16-17-18-19(13)12-7-5-11(15)6-8-12/h5-8H,2-4,9-10H2,1H3. The minimum absolute atomic E-state index is 0.374. The number of halogens is 1. The molecule has 2 aromatic rings. The Kier molecular flexibility index (Phi) is 3.72. The van der Waals surface area contributed by atoms with E-state index in [1.54, 1.807) is 11.8 Å². The zero-order chi connectivity index (χ0) is 14.0. The van der Waals surface area contributed by atoms with Crippen LogP contribution in [0.25, 0.3) is 5.69 Å². The average Bonchev–Trinajstić information content (AvgIpc) is 2.99. The van der Waals surface area contributed by atoms with Crippen molar-refractivity contribution in [1.82, 2.24) is 20.2 Å². The maximum atomic E-state index is 5.93. The van der Waals surface area contributed by atoms with Crippen molar-refractivity contribution in [3.8, 4) is 5.69 Å². The van der Waals surface area contributed by atoms with Gasteiger partial charge in [0.25, 0.3) is 0 Å². The van der Waals surface area contributed by atoms with Gasteiger partial charge in [-0.15, -0.1) is 5.10 Å². The normalized spacial score (nSPS) is 18.1. The van der Waals surface area contributed by atoms with Crippen LogP contribution in [0.1, 0.15) is 37.9 Å². The Labute approximate surface area is 122 Å². The molecule has 0 bridgehead atoms. The van der Waals surface area contributed by atoms with Gasteiger partial charge in [-0.1, -0.05) is 30.9 Å². The van der Waals surface area contributed by atoms with E-state index >= 15 is 0 Å².